The molecule has 3 rings (SSSR count). The lowest BCUT2D eigenvalue weighted by Crippen LogP contribution is -2.45. The fourth-order valence-corrected chi connectivity index (χ4v) is 3.42. The predicted octanol–water partition coefficient (Wildman–Crippen LogP) is 2.92. The number of hydrogen-bond donors (Lipinski definition) is 2. The first-order valence-electron chi connectivity index (χ1n) is 8.69. The van der Waals surface area contributed by atoms with E-state index in [1.54, 1.807) is 17.4 Å². The highest BCUT2D eigenvalue weighted by Crippen LogP contribution is 2.26. The van der Waals surface area contributed by atoms with Crippen molar-refractivity contribution in [3.05, 3.63) is 58.0 Å². The van der Waals surface area contributed by atoms with Gasteiger partial charge in [-0.2, -0.15) is 0 Å². The van der Waals surface area contributed by atoms with Gasteiger partial charge in [-0.3, -0.25) is 15.0 Å². The molecule has 138 valence electrons. The summed E-state index contributed by atoms with van der Waals surface area (Å²) >= 11 is 1.55. The van der Waals surface area contributed by atoms with Crippen molar-refractivity contribution in [1.82, 2.24) is 15.5 Å². The van der Waals surface area contributed by atoms with Crippen molar-refractivity contribution >= 4 is 23.3 Å². The molecule has 0 aliphatic heterocycles. The van der Waals surface area contributed by atoms with Crippen LogP contribution in [-0.4, -0.2) is 36.0 Å². The third-order valence-corrected chi connectivity index (χ3v) is 5.12. The SMILES string of the molecule is O=C(CN(CCc1cccc(F)c1)C1CC1)NC(=O)NCc1cccs1. The molecule has 0 saturated heterocycles. The Kier molecular flexibility index (Phi) is 6.35. The molecule has 1 aliphatic rings. The van der Waals surface area contributed by atoms with Gasteiger partial charge in [0.25, 0.3) is 0 Å². The van der Waals surface area contributed by atoms with Crippen molar-refractivity contribution in [2.45, 2.75) is 31.8 Å². The summed E-state index contributed by atoms with van der Waals surface area (Å²) in [6.07, 6.45) is 2.79. The maximum atomic E-state index is 13.3. The lowest BCUT2D eigenvalue weighted by atomic mass is 10.1. The molecule has 1 aromatic carbocycles. The first kappa shape index (κ1) is 18.5. The van der Waals surface area contributed by atoms with E-state index in [1.807, 2.05) is 23.6 Å². The molecule has 1 aliphatic carbocycles. The molecule has 2 N–H and O–H groups in total. The zero-order chi connectivity index (χ0) is 18.4. The van der Waals surface area contributed by atoms with Gasteiger partial charge in [0.05, 0.1) is 13.1 Å². The highest BCUT2D eigenvalue weighted by Gasteiger charge is 2.30. The second kappa shape index (κ2) is 8.91. The minimum absolute atomic E-state index is 0.173. The average Bonchev–Trinajstić information content (AvgIpc) is 3.32. The van der Waals surface area contributed by atoms with Crippen molar-refractivity contribution in [3.8, 4) is 0 Å². The number of amides is 3. The summed E-state index contributed by atoms with van der Waals surface area (Å²) in [7, 11) is 0. The molecule has 0 unspecified atom stereocenters. The maximum absolute atomic E-state index is 13.3. The molecular formula is C19H22FN3O2S. The van der Waals surface area contributed by atoms with Gasteiger partial charge in [0.2, 0.25) is 5.91 Å². The Balaban J connectivity index is 1.43. The van der Waals surface area contributed by atoms with E-state index in [1.165, 1.54) is 12.1 Å². The molecule has 1 aromatic heterocycles. The summed E-state index contributed by atoms with van der Waals surface area (Å²) < 4.78 is 13.3. The van der Waals surface area contributed by atoms with Gasteiger partial charge in [0.1, 0.15) is 5.82 Å². The molecule has 1 heterocycles. The van der Waals surface area contributed by atoms with Gasteiger partial charge in [-0.1, -0.05) is 18.2 Å². The van der Waals surface area contributed by atoms with Crippen LogP contribution in [0.2, 0.25) is 0 Å². The van der Waals surface area contributed by atoms with Gasteiger partial charge in [-0.15, -0.1) is 11.3 Å². The van der Waals surface area contributed by atoms with E-state index in [0.717, 1.165) is 23.3 Å². The van der Waals surface area contributed by atoms with E-state index in [0.29, 0.717) is 25.6 Å². The molecule has 0 atom stereocenters. The van der Waals surface area contributed by atoms with Gasteiger partial charge < -0.3 is 5.32 Å². The minimum atomic E-state index is -0.482. The largest absolute Gasteiger partial charge is 0.333 e. The molecule has 0 radical (unpaired) electrons. The molecular weight excluding hydrogens is 353 g/mol. The van der Waals surface area contributed by atoms with Crippen molar-refractivity contribution in [1.29, 1.82) is 0 Å². The molecule has 0 spiro atoms. The molecule has 1 saturated carbocycles. The van der Waals surface area contributed by atoms with Gasteiger partial charge in [-0.05, 0) is 48.4 Å². The standard InChI is InChI=1S/C19H22FN3O2S/c20-15-4-1-3-14(11-15)8-9-23(16-6-7-16)13-18(24)22-19(25)21-12-17-5-2-10-26-17/h1-5,10-11,16H,6-9,12-13H2,(H2,21,22,24,25). The van der Waals surface area contributed by atoms with Crippen LogP contribution in [0.3, 0.4) is 0 Å². The van der Waals surface area contributed by atoms with Crippen LogP contribution < -0.4 is 10.6 Å². The lowest BCUT2D eigenvalue weighted by molar-refractivity contribution is -0.121. The summed E-state index contributed by atoms with van der Waals surface area (Å²) in [6, 6.07) is 10.2. The van der Waals surface area contributed by atoms with E-state index in [9.17, 15) is 14.0 Å². The van der Waals surface area contributed by atoms with E-state index in [4.69, 9.17) is 0 Å². The van der Waals surface area contributed by atoms with Gasteiger partial charge in [0.15, 0.2) is 0 Å². The third-order valence-electron chi connectivity index (χ3n) is 4.24. The van der Waals surface area contributed by atoms with Crippen LogP contribution in [0, 0.1) is 5.82 Å². The number of thiophene rings is 1. The summed E-state index contributed by atoms with van der Waals surface area (Å²) in [5, 5.41) is 6.99. The summed E-state index contributed by atoms with van der Waals surface area (Å²) in [5.41, 5.74) is 0.907. The van der Waals surface area contributed by atoms with Crippen molar-refractivity contribution in [3.63, 3.8) is 0 Å². The monoisotopic (exact) mass is 375 g/mol. The Labute approximate surface area is 156 Å². The lowest BCUT2D eigenvalue weighted by Gasteiger charge is -2.21. The third kappa shape index (κ3) is 5.93. The highest BCUT2D eigenvalue weighted by atomic mass is 32.1. The number of halogens is 1. The maximum Gasteiger partial charge on any atom is 0.321 e. The zero-order valence-corrected chi connectivity index (χ0v) is 15.2. The second-order valence-electron chi connectivity index (χ2n) is 6.39. The molecule has 0 bridgehead atoms. The number of benzene rings is 1. The Morgan fingerprint density at radius 3 is 2.77 bits per heavy atom. The number of rotatable bonds is 8. The van der Waals surface area contributed by atoms with Crippen LogP contribution in [0.5, 0.6) is 0 Å². The first-order valence-corrected chi connectivity index (χ1v) is 9.56. The zero-order valence-electron chi connectivity index (χ0n) is 14.4. The van der Waals surface area contributed by atoms with Gasteiger partial charge >= 0.3 is 6.03 Å². The number of carbonyl (C=O) groups is 2. The van der Waals surface area contributed by atoms with Crippen LogP contribution in [0.4, 0.5) is 9.18 Å². The minimum Gasteiger partial charge on any atom is -0.333 e. The van der Waals surface area contributed by atoms with Crippen LogP contribution in [0.15, 0.2) is 41.8 Å². The second-order valence-corrected chi connectivity index (χ2v) is 7.42. The van der Waals surface area contributed by atoms with Gasteiger partial charge in [0, 0.05) is 17.5 Å². The number of nitrogens with zero attached hydrogens (tertiary/aromatic N) is 1. The number of hydrogen-bond acceptors (Lipinski definition) is 4. The number of carbonyl (C=O) groups excluding carboxylic acids is 2. The average molecular weight is 375 g/mol. The van der Waals surface area contributed by atoms with Crippen molar-refractivity contribution in [2.24, 2.45) is 0 Å². The molecule has 3 amide bonds. The van der Waals surface area contributed by atoms with E-state index >= 15 is 0 Å². The van der Waals surface area contributed by atoms with Crippen LogP contribution in [0.25, 0.3) is 0 Å². The number of urea groups is 1. The Bertz CT molecular complexity index is 747. The fraction of sp³-hybridized carbons (Fsp3) is 0.368. The fourth-order valence-electron chi connectivity index (χ4n) is 2.77. The summed E-state index contributed by atoms with van der Waals surface area (Å²) in [6.45, 7) is 1.24. The first-order chi connectivity index (χ1) is 12.6. The Hall–Kier alpha value is -2.25. The quantitative estimate of drug-likeness (QED) is 0.746. The van der Waals surface area contributed by atoms with Crippen LogP contribution in [0.1, 0.15) is 23.3 Å². The number of nitrogens with one attached hydrogen (secondary N) is 2. The number of imide groups is 1. The molecule has 1 fully saturated rings. The van der Waals surface area contributed by atoms with Gasteiger partial charge in [-0.25, -0.2) is 9.18 Å². The topological polar surface area (TPSA) is 61.4 Å². The van der Waals surface area contributed by atoms with Crippen molar-refractivity contribution in [2.75, 3.05) is 13.1 Å². The smallest absolute Gasteiger partial charge is 0.321 e. The molecule has 26 heavy (non-hydrogen) atoms. The Morgan fingerprint density at radius 2 is 2.08 bits per heavy atom. The molecule has 7 heteroatoms. The van der Waals surface area contributed by atoms with Crippen LogP contribution >= 0.6 is 11.3 Å². The highest BCUT2D eigenvalue weighted by molar-refractivity contribution is 7.09. The Morgan fingerprint density at radius 1 is 1.23 bits per heavy atom. The van der Waals surface area contributed by atoms with Crippen molar-refractivity contribution < 1.29 is 14.0 Å². The molecule has 5 nitrogen and oxygen atoms in total. The summed E-state index contributed by atoms with van der Waals surface area (Å²) in [5.74, 6) is -0.569. The predicted molar refractivity (Wildman–Crippen MR) is 99.4 cm³/mol. The normalized spacial score (nSPS) is 13.6. The van der Waals surface area contributed by atoms with Crippen LogP contribution in [-0.2, 0) is 17.8 Å². The van der Waals surface area contributed by atoms with E-state index < -0.39 is 6.03 Å². The van der Waals surface area contributed by atoms with E-state index in [2.05, 4.69) is 15.5 Å². The van der Waals surface area contributed by atoms with E-state index in [-0.39, 0.29) is 18.3 Å². The molecule has 2 aromatic rings. The summed E-state index contributed by atoms with van der Waals surface area (Å²) in [4.78, 5) is 27.1.